The Labute approximate surface area is 710 Å². The van der Waals surface area contributed by atoms with Crippen molar-refractivity contribution >= 4 is 153 Å². The Kier molecular flexibility index (Phi) is 39.3. The molecule has 0 radical (unpaired) electrons. The maximum atomic E-state index is 15.4. The highest BCUT2D eigenvalue weighted by atomic mass is 32.2. The van der Waals surface area contributed by atoms with Crippen LogP contribution >= 0.6 is 46.6 Å². The van der Waals surface area contributed by atoms with Crippen molar-refractivity contribution in [3.63, 3.8) is 0 Å². The third-order valence-electron chi connectivity index (χ3n) is 20.8. The van der Waals surface area contributed by atoms with Crippen LogP contribution in [0, 0.1) is 29.1 Å². The summed E-state index contributed by atoms with van der Waals surface area (Å²) >= 11 is 5.12. The van der Waals surface area contributed by atoms with Crippen LogP contribution in [0.5, 0.6) is 0 Å². The zero-order chi connectivity index (χ0) is 87.7. The van der Waals surface area contributed by atoms with Crippen LogP contribution in [0.2, 0.25) is 0 Å². The Morgan fingerprint density at radius 1 is 0.658 bits per heavy atom. The van der Waals surface area contributed by atoms with Crippen LogP contribution in [0.15, 0.2) is 84.6 Å². The molecule has 7 rings (SSSR count). The number of nitrogens with two attached hydrogens (primary N) is 2. The molecule has 39 heteroatoms. The SMILES string of the molecule is CSCC[C@H](CC(C)=O)C(=O)N[C@H]1CSCc2cccc(c2)CSC[C@@H](C(=O)C[C@@H](CC(=O)O)C(=O)N[C@@H](Cc2c[nH]cn2)C(=O)C[C@@H](Cc2cccs2)C(=O)N[C@@H](CCCCC(=N)N)C(=O)N[C@@H](CC(=O)O)C(N)=O)NC(=O)[C@H](Cc2ccccc2)CC(=O)[C@H](CCC(=O)O)NC(=O)[C@H]([C@@H](C)O)NC(=O)[C@@H]2CCCN2C(=O)[C@@H]2CCCN2C1=O. The topological polar surface area (TPSA) is 566 Å². The van der Waals surface area contributed by atoms with Gasteiger partial charge in [0.05, 0.1) is 60.8 Å². The highest BCUT2D eigenvalue weighted by molar-refractivity contribution is 7.99. The first-order valence-corrected chi connectivity index (χ1v) is 44.3. The summed E-state index contributed by atoms with van der Waals surface area (Å²) in [6.45, 7) is 2.71. The Morgan fingerprint density at radius 2 is 1.32 bits per heavy atom. The van der Waals surface area contributed by atoms with Crippen molar-refractivity contribution in [1.82, 2.24) is 57.0 Å². The van der Waals surface area contributed by atoms with Gasteiger partial charge in [-0.3, -0.25) is 82.1 Å². The van der Waals surface area contributed by atoms with Crippen molar-refractivity contribution < 1.29 is 102 Å². The molecule has 3 aliphatic rings. The first kappa shape index (κ1) is 96.7. The van der Waals surface area contributed by atoms with Crippen LogP contribution in [-0.4, -0.2) is 243 Å². The average molecular weight is 1740 g/mol. The number of nitrogens with one attached hydrogen (secondary N) is 9. The number of ketones is 4. The molecule has 0 saturated carbocycles. The summed E-state index contributed by atoms with van der Waals surface area (Å²) in [6, 6.07) is 5.39. The minimum atomic E-state index is -1.84. The van der Waals surface area contributed by atoms with E-state index in [9.17, 15) is 78.0 Å². The fourth-order valence-corrected chi connectivity index (χ4v) is 17.9. The molecule has 14 atom stereocenters. The minimum Gasteiger partial charge on any atom is -0.481 e. The van der Waals surface area contributed by atoms with Gasteiger partial charge in [-0.1, -0.05) is 67.1 Å². The molecule has 0 unspecified atom stereocenters. The van der Waals surface area contributed by atoms with Gasteiger partial charge in [0.2, 0.25) is 59.1 Å². The number of hydrogen-bond acceptors (Lipinski definition) is 24. The van der Waals surface area contributed by atoms with Gasteiger partial charge >= 0.3 is 17.9 Å². The van der Waals surface area contributed by atoms with Crippen molar-refractivity contribution in [2.75, 3.05) is 36.6 Å². The largest absolute Gasteiger partial charge is 0.481 e. The molecule has 2 aromatic heterocycles. The summed E-state index contributed by atoms with van der Waals surface area (Å²) in [4.78, 5) is 250. The van der Waals surface area contributed by atoms with E-state index < -0.39 is 223 Å². The number of aliphatic hydroxyl groups is 1. The number of fused-ring (bicyclic) bond motifs is 4. The average Bonchev–Trinajstić information content (AvgIpc) is 1.64. The highest BCUT2D eigenvalue weighted by Crippen LogP contribution is 2.30. The van der Waals surface area contributed by atoms with Gasteiger partial charge in [0, 0.05) is 110 Å². The molecule has 2 saturated heterocycles. The number of carboxylic acid groups (broad SMARTS) is 3. The number of hydrogen-bond donors (Lipinski definition) is 15. The van der Waals surface area contributed by atoms with Crippen molar-refractivity contribution in [3.05, 3.63) is 112 Å². The molecule has 2 aromatic carbocycles. The molecular weight excluding hydrogens is 1630 g/mol. The number of amides is 10. The molecule has 4 aromatic rings. The standard InChI is InChI=1S/C81H108N14O21S4/c1-45(96)29-50(24-28-117-3)73(108)92-61-43-119-41-49-16-9-15-48(30-49)40-118-42-60(91-74(109)51(31-47-13-5-4-6-14-47)33-64(98)56(22-23-68(101)102)87-79(114)71(46(2)97)93-78(113)62-19-10-25-94(62)81(116)63-20-11-26-95(63)80(61)115)66(100)35-53(36-69(103)104)76(111)89-58(37-54-39-85-44-86-54)65(99)34-52(32-55-17-12-27-120-55)75(110)88-57(18-7-8-21-67(82)83)77(112)90-59(72(84)107)38-70(105)106/h4-6,9,12-17,27,30,39,44,46,50-53,56-63,71,97H,7-8,10-11,18-26,28-29,31-38,40-43H2,1-3H3,(H3,82,83)(H2,84,107)(H,85,86)(H,87,114)(H,88,110)(H,89,111)(H,90,112)(H,91,109)(H,92,108)(H,93,113)(H,101,102)(H,103,104)(H,105,106)/t46-,50-,51-,52-,53+,56+,57+,58+,59+,60+,61+,62+,63+,71+/m1/s1. The molecule has 35 nitrogen and oxygen atoms in total. The minimum absolute atomic E-state index is 0.0128. The van der Waals surface area contributed by atoms with Gasteiger partial charge in [-0.25, -0.2) is 4.98 Å². The summed E-state index contributed by atoms with van der Waals surface area (Å²) in [5.74, 6) is -21.0. The zero-order valence-electron chi connectivity index (χ0n) is 67.1. The number of amidine groups is 1. The van der Waals surface area contributed by atoms with E-state index in [1.54, 1.807) is 60.0 Å². The smallest absolute Gasteiger partial charge is 0.305 e. The number of Topliss-reactive ketones (excluding diaryl/α,β-unsaturated/α-hetero) is 4. The second-order valence-corrected chi connectivity index (χ2v) is 34.4. The third-order valence-corrected chi connectivity index (χ3v) is 24.6. The predicted octanol–water partition coefficient (Wildman–Crippen LogP) is 2.31. The maximum absolute atomic E-state index is 15.4. The number of unbranched alkanes of at least 4 members (excludes halogenated alkanes) is 1. The molecule has 0 spiro atoms. The van der Waals surface area contributed by atoms with E-state index in [0.717, 1.165) is 17.3 Å². The third kappa shape index (κ3) is 31.3. The number of H-pyrrole nitrogens is 1. The Bertz CT molecular complexity index is 4270. The number of nitrogens with zero attached hydrogens (tertiary/aromatic N) is 3. The lowest BCUT2D eigenvalue weighted by Crippen LogP contribution is -2.60. The number of rotatable bonds is 39. The first-order chi connectivity index (χ1) is 57.2. The quantitative estimate of drug-likeness (QED) is 0.0173. The number of thioether (sulfide) groups is 3. The summed E-state index contributed by atoms with van der Waals surface area (Å²) in [7, 11) is 0. The van der Waals surface area contributed by atoms with Crippen LogP contribution in [0.25, 0.3) is 0 Å². The van der Waals surface area contributed by atoms with Crippen LogP contribution in [-0.2, 0) is 112 Å². The Balaban J connectivity index is 1.24. The monoisotopic (exact) mass is 1740 g/mol. The summed E-state index contributed by atoms with van der Waals surface area (Å²) in [5.41, 5.74) is 13.1. The normalized spacial score (nSPS) is 21.0. The van der Waals surface area contributed by atoms with E-state index in [1.165, 1.54) is 71.0 Å². The van der Waals surface area contributed by atoms with Gasteiger partial charge in [0.15, 0.2) is 17.3 Å². The molecule has 120 heavy (non-hydrogen) atoms. The lowest BCUT2D eigenvalue weighted by molar-refractivity contribution is -0.148. The molecule has 0 aliphatic carbocycles. The predicted molar refractivity (Wildman–Crippen MR) is 446 cm³/mol. The summed E-state index contributed by atoms with van der Waals surface area (Å²) in [6.07, 6.45) is -1.76. The van der Waals surface area contributed by atoms with Gasteiger partial charge in [-0.15, -0.1) is 11.3 Å². The molecule has 5 heterocycles. The first-order valence-electron chi connectivity index (χ1n) is 39.7. The van der Waals surface area contributed by atoms with Crippen molar-refractivity contribution in [3.8, 4) is 0 Å². The van der Waals surface area contributed by atoms with Gasteiger partial charge in [-0.2, -0.15) is 35.3 Å². The molecule has 10 amide bonds. The lowest BCUT2D eigenvalue weighted by atomic mass is 9.89. The van der Waals surface area contributed by atoms with E-state index in [-0.39, 0.29) is 118 Å². The fraction of sp³-hybridized carbons (Fsp3) is 0.543. The number of aromatic amines is 1. The number of thiophene rings is 1. The van der Waals surface area contributed by atoms with Crippen LogP contribution < -0.4 is 48.7 Å². The van der Waals surface area contributed by atoms with Crippen molar-refractivity contribution in [2.24, 2.45) is 35.1 Å². The van der Waals surface area contributed by atoms with Crippen LogP contribution in [0.4, 0.5) is 0 Å². The summed E-state index contributed by atoms with van der Waals surface area (Å²) < 4.78 is 0. The Morgan fingerprint density at radius 3 is 1.93 bits per heavy atom. The molecular formula is C81H108N14O21S4. The maximum Gasteiger partial charge on any atom is 0.305 e. The van der Waals surface area contributed by atoms with E-state index in [2.05, 4.69) is 47.2 Å². The second kappa shape index (κ2) is 48.8. The number of benzene rings is 2. The summed E-state index contributed by atoms with van der Waals surface area (Å²) in [5, 5.41) is 68.8. The van der Waals surface area contributed by atoms with E-state index >= 15 is 24.0 Å². The lowest BCUT2D eigenvalue weighted by Gasteiger charge is -2.34. The number of carbonyl (C=O) groups excluding carboxylic acids is 14. The molecule has 2 fully saturated rings. The number of aromatic nitrogens is 2. The van der Waals surface area contributed by atoms with E-state index in [0.29, 0.717) is 41.0 Å². The Hall–Kier alpha value is -10.4. The number of carboxylic acids is 3. The molecule has 17 N–H and O–H groups in total. The van der Waals surface area contributed by atoms with Gasteiger partial charge in [0.25, 0.3) is 0 Å². The van der Waals surface area contributed by atoms with Crippen molar-refractivity contribution in [2.45, 2.75) is 214 Å². The zero-order valence-corrected chi connectivity index (χ0v) is 70.4. The number of aliphatic carboxylic acids is 3. The molecule has 652 valence electrons. The number of primary amides is 1. The number of aliphatic hydroxyl groups excluding tert-OH is 1. The van der Waals surface area contributed by atoms with Gasteiger partial charge in [-0.05, 0) is 118 Å². The highest BCUT2D eigenvalue weighted by Gasteiger charge is 2.46. The molecule has 3 aliphatic heterocycles. The second-order valence-electron chi connectivity index (χ2n) is 30.3. The number of carbonyl (C=O) groups is 17. The molecule has 2 bridgehead atoms. The number of imidazole rings is 1. The fourth-order valence-electron chi connectivity index (χ4n) is 14.5. The van der Waals surface area contributed by atoms with Crippen LogP contribution in [0.3, 0.4) is 0 Å². The van der Waals surface area contributed by atoms with E-state index in [4.69, 9.17) is 16.9 Å². The van der Waals surface area contributed by atoms with Gasteiger partial charge in [0.1, 0.15) is 42.0 Å². The van der Waals surface area contributed by atoms with E-state index in [1.807, 2.05) is 18.4 Å². The van der Waals surface area contributed by atoms with Crippen molar-refractivity contribution in [1.29, 1.82) is 5.41 Å². The van der Waals surface area contributed by atoms with Gasteiger partial charge < -0.3 is 88.7 Å². The van der Waals surface area contributed by atoms with Crippen LogP contribution in [0.1, 0.15) is 150 Å².